The third-order valence-electron chi connectivity index (χ3n) is 4.78. The van der Waals surface area contributed by atoms with Crippen LogP contribution in [0.3, 0.4) is 0 Å². The Morgan fingerprint density at radius 3 is 2.71 bits per heavy atom. The molecule has 0 aliphatic carbocycles. The molecule has 9 nitrogen and oxygen atoms in total. The van der Waals surface area contributed by atoms with Crippen LogP contribution in [0.2, 0.25) is 5.02 Å². The summed E-state index contributed by atoms with van der Waals surface area (Å²) in [5, 5.41) is 13.6. The number of hydrazone groups is 1. The van der Waals surface area contributed by atoms with Crippen molar-refractivity contribution in [1.29, 1.82) is 5.41 Å². The number of benzene rings is 2. The third kappa shape index (κ3) is 4.86. The summed E-state index contributed by atoms with van der Waals surface area (Å²) in [4.78, 5) is 16.5. The van der Waals surface area contributed by atoms with E-state index in [-0.39, 0.29) is 32.6 Å². The van der Waals surface area contributed by atoms with Crippen LogP contribution in [0.25, 0.3) is 6.08 Å². The van der Waals surface area contributed by atoms with Crippen molar-refractivity contribution in [3.05, 3.63) is 63.7 Å². The molecule has 2 aromatic rings. The van der Waals surface area contributed by atoms with E-state index in [1.165, 1.54) is 13.2 Å². The van der Waals surface area contributed by atoms with Gasteiger partial charge in [-0.2, -0.15) is 10.0 Å². The molecule has 1 N–H and O–H groups in total. The van der Waals surface area contributed by atoms with Crippen molar-refractivity contribution >= 4 is 60.6 Å². The van der Waals surface area contributed by atoms with Crippen LogP contribution in [0.1, 0.15) is 16.7 Å². The van der Waals surface area contributed by atoms with E-state index < -0.39 is 15.7 Å². The first kappa shape index (κ1) is 24.0. The Morgan fingerprint density at radius 1 is 1.26 bits per heavy atom. The molecule has 0 fully saturated rings. The second-order valence-electron chi connectivity index (χ2n) is 7.47. The van der Waals surface area contributed by atoms with Crippen LogP contribution in [0.4, 0.5) is 0 Å². The van der Waals surface area contributed by atoms with Crippen molar-refractivity contribution in [3.8, 4) is 11.5 Å². The highest BCUT2D eigenvalue weighted by molar-refractivity contribution is 8.42. The van der Waals surface area contributed by atoms with E-state index in [9.17, 15) is 13.2 Å². The summed E-state index contributed by atoms with van der Waals surface area (Å²) >= 11 is 7.18. The van der Waals surface area contributed by atoms with Crippen LogP contribution in [-0.4, -0.2) is 48.1 Å². The van der Waals surface area contributed by atoms with E-state index in [1.807, 2.05) is 31.2 Å². The fourth-order valence-electron chi connectivity index (χ4n) is 3.21. The largest absolute Gasteiger partial charge is 0.493 e. The minimum atomic E-state index is -3.61. The molecule has 0 atom stereocenters. The Kier molecular flexibility index (Phi) is 6.52. The Balaban J connectivity index is 1.63. The number of ether oxygens (including phenoxy) is 2. The zero-order valence-electron chi connectivity index (χ0n) is 18.3. The molecular weight excluding hydrogens is 500 g/mol. The molecule has 0 saturated carbocycles. The lowest BCUT2D eigenvalue weighted by molar-refractivity contribution is -0.114. The van der Waals surface area contributed by atoms with Crippen molar-refractivity contribution in [2.24, 2.45) is 10.1 Å². The number of halogens is 1. The zero-order chi connectivity index (χ0) is 24.6. The van der Waals surface area contributed by atoms with Crippen molar-refractivity contribution < 1.29 is 22.7 Å². The first-order valence-electron chi connectivity index (χ1n) is 9.83. The topological polar surface area (TPSA) is 121 Å². The number of aryl methyl sites for hydroxylation is 1. The Bertz CT molecular complexity index is 1420. The normalized spacial score (nSPS) is 16.9. The smallest absolute Gasteiger partial charge is 0.283 e. The number of fused-ring (bicyclic) bond motifs is 1. The number of nitrogens with one attached hydrogen (secondary N) is 1. The van der Waals surface area contributed by atoms with Crippen LogP contribution in [0.5, 0.6) is 11.5 Å². The molecule has 2 aliphatic rings. The lowest BCUT2D eigenvalue weighted by Crippen LogP contribution is -2.35. The maximum Gasteiger partial charge on any atom is 0.283 e. The number of hydrogen-bond acceptors (Lipinski definition) is 8. The summed E-state index contributed by atoms with van der Waals surface area (Å²) in [6.45, 7) is 2.27. The van der Waals surface area contributed by atoms with Crippen LogP contribution < -0.4 is 9.47 Å². The fraction of sp³-hybridized carbons (Fsp3) is 0.182. The van der Waals surface area contributed by atoms with Gasteiger partial charge in [0, 0.05) is 6.26 Å². The zero-order valence-corrected chi connectivity index (χ0v) is 20.7. The fourth-order valence-corrected chi connectivity index (χ4v) is 5.17. The number of methoxy groups -OCH3 is 1. The van der Waals surface area contributed by atoms with Crippen LogP contribution in [0, 0.1) is 12.3 Å². The number of carbonyl (C=O) groups is 1. The second-order valence-corrected chi connectivity index (χ2v) is 11.0. The molecule has 2 aromatic carbocycles. The van der Waals surface area contributed by atoms with E-state index in [4.69, 9.17) is 26.5 Å². The molecule has 0 bridgehead atoms. The number of thioether (sulfide) groups is 1. The van der Waals surface area contributed by atoms with E-state index >= 15 is 0 Å². The van der Waals surface area contributed by atoms with Gasteiger partial charge in [-0.3, -0.25) is 10.2 Å². The second kappa shape index (κ2) is 9.24. The molecule has 34 heavy (non-hydrogen) atoms. The van der Waals surface area contributed by atoms with Gasteiger partial charge in [0.1, 0.15) is 6.61 Å². The first-order valence-corrected chi connectivity index (χ1v) is 12.9. The Morgan fingerprint density at radius 2 is 2.03 bits per heavy atom. The molecule has 2 aliphatic heterocycles. The molecule has 0 aromatic heterocycles. The quantitative estimate of drug-likeness (QED) is 0.596. The van der Waals surface area contributed by atoms with Gasteiger partial charge in [-0.05, 0) is 48.0 Å². The van der Waals surface area contributed by atoms with Crippen molar-refractivity contribution in [3.63, 3.8) is 0 Å². The van der Waals surface area contributed by atoms with E-state index in [2.05, 4.69) is 10.1 Å². The van der Waals surface area contributed by atoms with Gasteiger partial charge in [-0.25, -0.2) is 8.42 Å². The number of nitrogens with zero attached hydrogens (tertiary/aromatic N) is 3. The minimum absolute atomic E-state index is 0.0167. The van der Waals surface area contributed by atoms with Gasteiger partial charge in [0.2, 0.25) is 19.4 Å². The molecule has 176 valence electrons. The minimum Gasteiger partial charge on any atom is -0.493 e. The number of carbonyl (C=O) groups excluding carboxylic acids is 1. The number of sulfone groups is 1. The maximum atomic E-state index is 12.6. The van der Waals surface area contributed by atoms with E-state index in [0.29, 0.717) is 17.1 Å². The third-order valence-corrected chi connectivity index (χ3v) is 7.64. The molecule has 0 spiro atoms. The molecular formula is C22H19ClN4O5S2. The predicted molar refractivity (Wildman–Crippen MR) is 133 cm³/mol. The SMILES string of the molecule is COc1cc(/C=C2\C(=N)N3N=C(S(C)(=O)=O)SC3=NC2=O)cc(Cl)c1OCc1cccc(C)c1. The Hall–Kier alpha value is -3.15. The van der Waals surface area contributed by atoms with Gasteiger partial charge < -0.3 is 9.47 Å². The highest BCUT2D eigenvalue weighted by Crippen LogP contribution is 2.38. The molecule has 0 unspecified atom stereocenters. The molecule has 0 saturated heterocycles. The predicted octanol–water partition coefficient (Wildman–Crippen LogP) is 3.86. The van der Waals surface area contributed by atoms with Crippen LogP contribution >= 0.6 is 23.4 Å². The average molecular weight is 519 g/mol. The highest BCUT2D eigenvalue weighted by atomic mass is 35.5. The molecule has 4 rings (SSSR count). The van der Waals surface area contributed by atoms with Gasteiger partial charge in [0.05, 0.1) is 17.7 Å². The molecule has 0 radical (unpaired) electrons. The molecule has 1 amide bonds. The standard InChI is InChI=1S/C22H19ClN4O5S2/c1-12-5-4-6-13(7-12)11-32-18-16(23)9-14(10-17(18)31-2)8-15-19(24)27-21(25-20(15)28)33-22(26-27)34(3,29)30/h4-10,24H,11H2,1-3H3/b15-8+,24-19?. The van der Waals surface area contributed by atoms with Crippen LogP contribution in [-0.2, 0) is 21.2 Å². The van der Waals surface area contributed by atoms with Crippen molar-refractivity contribution in [2.45, 2.75) is 13.5 Å². The molecule has 2 heterocycles. The monoisotopic (exact) mass is 518 g/mol. The summed E-state index contributed by atoms with van der Waals surface area (Å²) < 4.78 is 34.7. The van der Waals surface area contributed by atoms with E-state index in [1.54, 1.807) is 12.1 Å². The van der Waals surface area contributed by atoms with Gasteiger partial charge in [-0.1, -0.05) is 41.4 Å². The number of rotatable bonds is 5. The maximum absolute atomic E-state index is 12.6. The number of hydrogen-bond donors (Lipinski definition) is 1. The van der Waals surface area contributed by atoms with Crippen LogP contribution in [0.15, 0.2) is 52.1 Å². The average Bonchev–Trinajstić information content (AvgIpc) is 3.20. The van der Waals surface area contributed by atoms with Crippen molar-refractivity contribution in [2.75, 3.05) is 13.4 Å². The number of aliphatic imine (C=N–C) groups is 1. The lowest BCUT2D eigenvalue weighted by Gasteiger charge is -2.20. The van der Waals surface area contributed by atoms with Gasteiger partial charge in [0.15, 0.2) is 17.3 Å². The van der Waals surface area contributed by atoms with Gasteiger partial charge in [-0.15, -0.1) is 5.10 Å². The Labute approximate surface area is 205 Å². The van der Waals surface area contributed by atoms with Crippen molar-refractivity contribution in [1.82, 2.24) is 5.01 Å². The number of amides is 1. The number of amidine groups is 2. The van der Waals surface area contributed by atoms with Gasteiger partial charge in [0.25, 0.3) is 5.91 Å². The van der Waals surface area contributed by atoms with E-state index in [0.717, 1.165) is 34.2 Å². The molecule has 12 heteroatoms. The summed E-state index contributed by atoms with van der Waals surface area (Å²) in [7, 11) is -2.14. The first-order chi connectivity index (χ1) is 16.1. The van der Waals surface area contributed by atoms with Gasteiger partial charge >= 0.3 is 0 Å². The highest BCUT2D eigenvalue weighted by Gasteiger charge is 2.38. The lowest BCUT2D eigenvalue weighted by atomic mass is 10.1. The summed E-state index contributed by atoms with van der Waals surface area (Å²) in [6, 6.07) is 11.1. The summed E-state index contributed by atoms with van der Waals surface area (Å²) in [5.74, 6) is -0.295. The summed E-state index contributed by atoms with van der Waals surface area (Å²) in [6.07, 6.45) is 2.42. The summed E-state index contributed by atoms with van der Waals surface area (Å²) in [5.41, 5.74) is 2.47.